The van der Waals surface area contributed by atoms with Crippen molar-refractivity contribution in [2.45, 2.75) is 19.8 Å². The van der Waals surface area contributed by atoms with Gasteiger partial charge < -0.3 is 9.94 Å². The molecule has 0 unspecified atom stereocenters. The van der Waals surface area contributed by atoms with E-state index in [2.05, 4.69) is 16.7 Å². The van der Waals surface area contributed by atoms with Crippen LogP contribution in [0, 0.1) is 5.21 Å². The molecular weight excluding hydrogens is 220 g/mol. The smallest absolute Gasteiger partial charge is 0.402 e. The first-order valence-electron chi connectivity index (χ1n) is 5.61. The molecule has 2 rings (SSSR count). The first kappa shape index (κ1) is 11.4. The second-order valence-electron chi connectivity index (χ2n) is 3.65. The first-order chi connectivity index (χ1) is 8.33. The molecule has 0 fully saturated rings. The number of unbranched alkanes of at least 4 members (excludes halogenated alkanes) is 1. The molecule has 90 valence electrons. The highest BCUT2D eigenvalue weighted by molar-refractivity contribution is 5.60. The Kier molecular flexibility index (Phi) is 3.59. The monoisotopic (exact) mass is 234 g/mol. The third kappa shape index (κ3) is 2.55. The Morgan fingerprint density at radius 3 is 2.82 bits per heavy atom. The molecule has 0 bridgehead atoms. The van der Waals surface area contributed by atoms with Gasteiger partial charge in [0.2, 0.25) is 0 Å². The summed E-state index contributed by atoms with van der Waals surface area (Å²) in [7, 11) is 0. The second-order valence-corrected chi connectivity index (χ2v) is 3.65. The minimum absolute atomic E-state index is 0.250. The van der Waals surface area contributed by atoms with Gasteiger partial charge in [0.1, 0.15) is 0 Å². The normalized spacial score (nSPS) is 10.4. The molecule has 17 heavy (non-hydrogen) atoms. The van der Waals surface area contributed by atoms with Crippen LogP contribution in [0.5, 0.6) is 5.88 Å². The standard InChI is InChI=1S/C12H14N2O3/c1-2-3-9-16-12-11(14(15)17-13-12)10-7-5-4-6-8-10/h4-8H,2-3,9H2,1H3. The zero-order valence-electron chi connectivity index (χ0n) is 9.63. The molecule has 0 radical (unpaired) electrons. The molecule has 0 aliphatic heterocycles. The fraction of sp³-hybridized carbons (Fsp3) is 0.333. The molecule has 0 saturated heterocycles. The summed E-state index contributed by atoms with van der Waals surface area (Å²) in [5.74, 6) is 0.250. The fourth-order valence-corrected chi connectivity index (χ4v) is 1.47. The van der Waals surface area contributed by atoms with Crippen molar-refractivity contribution in [3.8, 4) is 17.1 Å². The van der Waals surface area contributed by atoms with E-state index < -0.39 is 0 Å². The molecule has 5 nitrogen and oxygen atoms in total. The summed E-state index contributed by atoms with van der Waals surface area (Å²) in [5.41, 5.74) is 1.05. The van der Waals surface area contributed by atoms with Crippen molar-refractivity contribution >= 4 is 0 Å². The zero-order chi connectivity index (χ0) is 12.1. The molecule has 1 aromatic heterocycles. The maximum Gasteiger partial charge on any atom is 0.402 e. The number of rotatable bonds is 5. The lowest BCUT2D eigenvalue weighted by atomic mass is 10.2. The maximum atomic E-state index is 11.5. The molecular formula is C12H14N2O3. The highest BCUT2D eigenvalue weighted by Crippen LogP contribution is 2.24. The molecule has 0 aliphatic rings. The van der Waals surface area contributed by atoms with Crippen LogP contribution in [-0.4, -0.2) is 11.8 Å². The zero-order valence-corrected chi connectivity index (χ0v) is 9.63. The fourth-order valence-electron chi connectivity index (χ4n) is 1.47. The van der Waals surface area contributed by atoms with Crippen molar-refractivity contribution in [2.75, 3.05) is 6.61 Å². The van der Waals surface area contributed by atoms with E-state index in [9.17, 15) is 5.21 Å². The van der Waals surface area contributed by atoms with Crippen LogP contribution in [0.2, 0.25) is 0 Å². The molecule has 5 heteroatoms. The molecule has 2 aromatic rings. The van der Waals surface area contributed by atoms with Crippen molar-refractivity contribution in [1.29, 1.82) is 0 Å². The van der Waals surface area contributed by atoms with E-state index >= 15 is 0 Å². The van der Waals surface area contributed by atoms with Crippen LogP contribution in [-0.2, 0) is 0 Å². The minimum Gasteiger partial charge on any atom is -0.455 e. The van der Waals surface area contributed by atoms with Crippen molar-refractivity contribution in [3.63, 3.8) is 0 Å². The quantitative estimate of drug-likeness (QED) is 0.587. The topological polar surface area (TPSA) is 62.2 Å². The number of hydrogen-bond acceptors (Lipinski definition) is 4. The largest absolute Gasteiger partial charge is 0.455 e. The number of hydrogen-bond donors (Lipinski definition) is 0. The third-order valence-electron chi connectivity index (χ3n) is 2.37. The Hall–Kier alpha value is -2.04. The van der Waals surface area contributed by atoms with Gasteiger partial charge in [-0.25, -0.2) is 0 Å². The summed E-state index contributed by atoms with van der Waals surface area (Å²) in [6.45, 7) is 2.60. The van der Waals surface area contributed by atoms with Gasteiger partial charge in [0.25, 0.3) is 5.69 Å². The average Bonchev–Trinajstić information content (AvgIpc) is 2.72. The molecule has 0 amide bonds. The summed E-state index contributed by atoms with van der Waals surface area (Å²) in [4.78, 5) is 0.372. The predicted molar refractivity (Wildman–Crippen MR) is 61.3 cm³/mol. The Morgan fingerprint density at radius 1 is 1.35 bits per heavy atom. The highest BCUT2D eigenvalue weighted by atomic mass is 16.8. The Balaban J connectivity index is 2.24. The summed E-state index contributed by atoms with van der Waals surface area (Å²) in [6, 6.07) is 9.20. The number of nitrogens with zero attached hydrogens (tertiary/aromatic N) is 2. The van der Waals surface area contributed by atoms with Gasteiger partial charge in [-0.3, -0.25) is 4.63 Å². The molecule has 0 atom stereocenters. The van der Waals surface area contributed by atoms with Gasteiger partial charge in [0.15, 0.2) is 0 Å². The third-order valence-corrected chi connectivity index (χ3v) is 2.37. The van der Waals surface area contributed by atoms with Crippen LogP contribution in [0.15, 0.2) is 35.0 Å². The summed E-state index contributed by atoms with van der Waals surface area (Å²) < 4.78 is 9.99. The van der Waals surface area contributed by atoms with Crippen molar-refractivity contribution in [3.05, 3.63) is 35.5 Å². The molecule has 0 aliphatic carbocycles. The van der Waals surface area contributed by atoms with Gasteiger partial charge in [-0.05, 0) is 11.3 Å². The lowest BCUT2D eigenvalue weighted by Crippen LogP contribution is -2.25. The van der Waals surface area contributed by atoms with Gasteiger partial charge >= 0.3 is 5.88 Å². The Labute approximate surface area is 99.2 Å². The minimum atomic E-state index is 0.250. The van der Waals surface area contributed by atoms with Crippen LogP contribution >= 0.6 is 0 Å². The van der Waals surface area contributed by atoms with Crippen LogP contribution in [0.4, 0.5) is 0 Å². The lowest BCUT2D eigenvalue weighted by Gasteiger charge is -2.00. The lowest BCUT2D eigenvalue weighted by molar-refractivity contribution is -0.793. The van der Waals surface area contributed by atoms with E-state index in [1.54, 1.807) is 0 Å². The van der Waals surface area contributed by atoms with Gasteiger partial charge in [0.05, 0.1) is 11.8 Å². The van der Waals surface area contributed by atoms with Gasteiger partial charge in [-0.1, -0.05) is 43.7 Å². The van der Waals surface area contributed by atoms with Crippen molar-refractivity contribution < 1.29 is 14.3 Å². The summed E-state index contributed by atoms with van der Waals surface area (Å²) in [6.07, 6.45) is 1.94. The predicted octanol–water partition coefficient (Wildman–Crippen LogP) is 2.15. The van der Waals surface area contributed by atoms with Crippen LogP contribution in [0.1, 0.15) is 19.8 Å². The summed E-state index contributed by atoms with van der Waals surface area (Å²) in [5, 5.41) is 15.1. The SMILES string of the molecule is CCCCOc1no[n+]([O-])c1-c1ccccc1. The van der Waals surface area contributed by atoms with Crippen LogP contribution in [0.3, 0.4) is 0 Å². The molecule has 1 aromatic carbocycles. The number of ether oxygens (including phenoxy) is 1. The van der Waals surface area contributed by atoms with Crippen molar-refractivity contribution in [1.82, 2.24) is 5.16 Å². The molecule has 0 spiro atoms. The van der Waals surface area contributed by atoms with E-state index in [1.165, 1.54) is 0 Å². The van der Waals surface area contributed by atoms with E-state index in [1.807, 2.05) is 30.3 Å². The number of benzene rings is 1. The van der Waals surface area contributed by atoms with E-state index in [0.29, 0.717) is 17.2 Å². The maximum absolute atomic E-state index is 11.5. The first-order valence-corrected chi connectivity index (χ1v) is 5.61. The average molecular weight is 234 g/mol. The number of aromatic nitrogens is 2. The van der Waals surface area contributed by atoms with E-state index in [-0.39, 0.29) is 5.88 Å². The van der Waals surface area contributed by atoms with Crippen molar-refractivity contribution in [2.24, 2.45) is 0 Å². The van der Waals surface area contributed by atoms with Crippen LogP contribution < -0.4 is 9.64 Å². The summed E-state index contributed by atoms with van der Waals surface area (Å²) >= 11 is 0. The Morgan fingerprint density at radius 2 is 2.12 bits per heavy atom. The van der Waals surface area contributed by atoms with Gasteiger partial charge in [-0.2, -0.15) is 0 Å². The molecule has 0 saturated carbocycles. The Bertz CT molecular complexity index is 468. The highest BCUT2D eigenvalue weighted by Gasteiger charge is 2.22. The molecule has 0 N–H and O–H groups in total. The molecule has 1 heterocycles. The van der Waals surface area contributed by atoms with Gasteiger partial charge in [-0.15, -0.1) is 0 Å². The second kappa shape index (κ2) is 5.34. The van der Waals surface area contributed by atoms with E-state index in [0.717, 1.165) is 18.4 Å². The van der Waals surface area contributed by atoms with Crippen LogP contribution in [0.25, 0.3) is 11.3 Å². The van der Waals surface area contributed by atoms with E-state index in [4.69, 9.17) is 4.74 Å². The van der Waals surface area contributed by atoms with Gasteiger partial charge in [0, 0.05) is 5.56 Å².